The van der Waals surface area contributed by atoms with Crippen molar-refractivity contribution in [2.75, 3.05) is 20.3 Å². The largest absolute Gasteiger partial charge is 0.493 e. The zero-order valence-corrected chi connectivity index (χ0v) is 13.0. The SMILES string of the molecule is C=CCNC(=O)[C@H](C)OC(=O)c1ccc(OCC)c(OC)c1. The fourth-order valence-corrected chi connectivity index (χ4v) is 1.67. The van der Waals surface area contributed by atoms with Gasteiger partial charge in [0.05, 0.1) is 19.3 Å². The lowest BCUT2D eigenvalue weighted by Gasteiger charge is -2.14. The molecule has 0 aliphatic rings. The summed E-state index contributed by atoms with van der Waals surface area (Å²) in [7, 11) is 1.48. The van der Waals surface area contributed by atoms with Gasteiger partial charge in [-0.1, -0.05) is 6.08 Å². The summed E-state index contributed by atoms with van der Waals surface area (Å²) in [6.45, 7) is 7.65. The van der Waals surface area contributed by atoms with Crippen LogP contribution in [0.1, 0.15) is 24.2 Å². The van der Waals surface area contributed by atoms with Crippen molar-refractivity contribution in [2.24, 2.45) is 0 Å². The first-order chi connectivity index (χ1) is 10.5. The molecule has 22 heavy (non-hydrogen) atoms. The van der Waals surface area contributed by atoms with Gasteiger partial charge in [0.25, 0.3) is 5.91 Å². The maximum absolute atomic E-state index is 12.1. The maximum Gasteiger partial charge on any atom is 0.339 e. The lowest BCUT2D eigenvalue weighted by molar-refractivity contribution is -0.128. The average molecular weight is 307 g/mol. The van der Waals surface area contributed by atoms with Gasteiger partial charge in [0.15, 0.2) is 17.6 Å². The van der Waals surface area contributed by atoms with Crippen molar-refractivity contribution >= 4 is 11.9 Å². The maximum atomic E-state index is 12.1. The Hall–Kier alpha value is -2.50. The molecular weight excluding hydrogens is 286 g/mol. The number of benzene rings is 1. The molecule has 120 valence electrons. The standard InChI is InChI=1S/C16H21NO5/c1-5-9-17-15(18)11(3)22-16(19)12-7-8-13(21-6-2)14(10-12)20-4/h5,7-8,10-11H,1,6,9H2,2-4H3,(H,17,18)/t11-/m0/s1. The van der Waals surface area contributed by atoms with Crippen LogP contribution in [0.15, 0.2) is 30.9 Å². The molecule has 0 fully saturated rings. The van der Waals surface area contributed by atoms with E-state index in [0.717, 1.165) is 0 Å². The van der Waals surface area contributed by atoms with Crippen LogP contribution >= 0.6 is 0 Å². The Kier molecular flexibility index (Phi) is 6.95. The number of rotatable bonds is 8. The van der Waals surface area contributed by atoms with Crippen molar-refractivity contribution in [1.29, 1.82) is 0 Å². The molecule has 0 bridgehead atoms. The van der Waals surface area contributed by atoms with Crippen LogP contribution in [0.3, 0.4) is 0 Å². The molecule has 0 aromatic heterocycles. The summed E-state index contributed by atoms with van der Waals surface area (Å²) >= 11 is 0. The molecule has 1 aromatic carbocycles. The lowest BCUT2D eigenvalue weighted by atomic mass is 10.2. The third kappa shape index (κ3) is 4.80. The molecule has 1 aromatic rings. The number of methoxy groups -OCH3 is 1. The minimum Gasteiger partial charge on any atom is -0.493 e. The van der Waals surface area contributed by atoms with Crippen LogP contribution in [0, 0.1) is 0 Å². The molecule has 0 spiro atoms. The smallest absolute Gasteiger partial charge is 0.339 e. The van der Waals surface area contributed by atoms with Crippen LogP contribution in [-0.4, -0.2) is 38.2 Å². The summed E-state index contributed by atoms with van der Waals surface area (Å²) < 4.78 is 15.7. The summed E-state index contributed by atoms with van der Waals surface area (Å²) in [5.74, 6) is -0.0212. The number of carbonyl (C=O) groups excluding carboxylic acids is 2. The third-order valence-corrected chi connectivity index (χ3v) is 2.77. The van der Waals surface area contributed by atoms with E-state index in [1.54, 1.807) is 18.2 Å². The van der Waals surface area contributed by atoms with E-state index < -0.39 is 12.1 Å². The molecule has 0 aliphatic heterocycles. The molecule has 0 aliphatic carbocycles. The van der Waals surface area contributed by atoms with E-state index in [0.29, 0.717) is 24.7 Å². The predicted octanol–water partition coefficient (Wildman–Crippen LogP) is 1.94. The van der Waals surface area contributed by atoms with E-state index in [1.165, 1.54) is 20.1 Å². The summed E-state index contributed by atoms with van der Waals surface area (Å²) in [4.78, 5) is 23.7. The zero-order chi connectivity index (χ0) is 16.5. The highest BCUT2D eigenvalue weighted by molar-refractivity contribution is 5.92. The van der Waals surface area contributed by atoms with E-state index in [9.17, 15) is 9.59 Å². The molecule has 1 amide bonds. The Morgan fingerprint density at radius 3 is 2.68 bits per heavy atom. The Morgan fingerprint density at radius 1 is 1.36 bits per heavy atom. The first kappa shape index (κ1) is 17.6. The number of ether oxygens (including phenoxy) is 3. The number of esters is 1. The molecule has 1 N–H and O–H groups in total. The molecule has 0 unspecified atom stereocenters. The average Bonchev–Trinajstić information content (AvgIpc) is 2.52. The van der Waals surface area contributed by atoms with Crippen LogP contribution in [0.25, 0.3) is 0 Å². The van der Waals surface area contributed by atoms with Crippen LogP contribution in [0.5, 0.6) is 11.5 Å². The van der Waals surface area contributed by atoms with Crippen molar-refractivity contribution in [3.63, 3.8) is 0 Å². The van der Waals surface area contributed by atoms with Crippen LogP contribution in [0.4, 0.5) is 0 Å². The van der Waals surface area contributed by atoms with E-state index in [2.05, 4.69) is 11.9 Å². The molecule has 6 heteroatoms. The van der Waals surface area contributed by atoms with Crippen molar-refractivity contribution in [3.05, 3.63) is 36.4 Å². The Bertz CT molecular complexity index is 541. The van der Waals surface area contributed by atoms with Crippen molar-refractivity contribution in [1.82, 2.24) is 5.32 Å². The van der Waals surface area contributed by atoms with E-state index in [-0.39, 0.29) is 11.5 Å². The molecule has 1 rings (SSSR count). The van der Waals surface area contributed by atoms with Gasteiger partial charge in [-0.2, -0.15) is 0 Å². The van der Waals surface area contributed by atoms with Crippen molar-refractivity contribution in [3.8, 4) is 11.5 Å². The number of amides is 1. The number of carbonyl (C=O) groups is 2. The normalized spacial score (nSPS) is 11.2. The molecule has 0 radical (unpaired) electrons. The summed E-state index contributed by atoms with van der Waals surface area (Å²) in [6.07, 6.45) is 0.647. The second-order valence-corrected chi connectivity index (χ2v) is 4.38. The van der Waals surface area contributed by atoms with Crippen molar-refractivity contribution < 1.29 is 23.8 Å². The first-order valence-corrected chi connectivity index (χ1v) is 6.93. The van der Waals surface area contributed by atoms with Gasteiger partial charge in [-0.15, -0.1) is 6.58 Å². The molecular formula is C16H21NO5. The monoisotopic (exact) mass is 307 g/mol. The van der Waals surface area contributed by atoms with E-state index in [1.807, 2.05) is 6.92 Å². The molecule has 1 atom stereocenters. The molecule has 0 saturated carbocycles. The minimum absolute atomic E-state index is 0.281. The second kappa shape index (κ2) is 8.71. The molecule has 0 heterocycles. The number of nitrogens with one attached hydrogen (secondary N) is 1. The highest BCUT2D eigenvalue weighted by atomic mass is 16.5. The summed E-state index contributed by atoms with van der Waals surface area (Å²) in [5, 5.41) is 2.56. The van der Waals surface area contributed by atoms with Gasteiger partial charge in [0, 0.05) is 6.54 Å². The fourth-order valence-electron chi connectivity index (χ4n) is 1.67. The summed E-state index contributed by atoms with van der Waals surface area (Å²) in [5.41, 5.74) is 0.281. The van der Waals surface area contributed by atoms with Gasteiger partial charge >= 0.3 is 5.97 Å². The van der Waals surface area contributed by atoms with Crippen LogP contribution < -0.4 is 14.8 Å². The van der Waals surface area contributed by atoms with Gasteiger partial charge < -0.3 is 19.5 Å². The van der Waals surface area contributed by atoms with Gasteiger partial charge in [0.2, 0.25) is 0 Å². The van der Waals surface area contributed by atoms with E-state index in [4.69, 9.17) is 14.2 Å². The number of hydrogen-bond donors (Lipinski definition) is 1. The number of hydrogen-bond acceptors (Lipinski definition) is 5. The van der Waals surface area contributed by atoms with Crippen LogP contribution in [-0.2, 0) is 9.53 Å². The topological polar surface area (TPSA) is 73.9 Å². The van der Waals surface area contributed by atoms with Gasteiger partial charge in [-0.05, 0) is 32.0 Å². The Morgan fingerprint density at radius 2 is 2.09 bits per heavy atom. The Labute approximate surface area is 130 Å². The fraction of sp³-hybridized carbons (Fsp3) is 0.375. The Balaban J connectivity index is 2.76. The zero-order valence-electron chi connectivity index (χ0n) is 13.0. The quantitative estimate of drug-likeness (QED) is 0.587. The van der Waals surface area contributed by atoms with Gasteiger partial charge in [-0.3, -0.25) is 4.79 Å². The van der Waals surface area contributed by atoms with Crippen LogP contribution in [0.2, 0.25) is 0 Å². The van der Waals surface area contributed by atoms with Gasteiger partial charge in [-0.25, -0.2) is 4.79 Å². The summed E-state index contributed by atoms with van der Waals surface area (Å²) in [6, 6.07) is 4.70. The molecule has 6 nitrogen and oxygen atoms in total. The highest BCUT2D eigenvalue weighted by Gasteiger charge is 2.19. The molecule has 0 saturated heterocycles. The minimum atomic E-state index is -0.898. The first-order valence-electron chi connectivity index (χ1n) is 6.93. The van der Waals surface area contributed by atoms with Gasteiger partial charge in [0.1, 0.15) is 0 Å². The van der Waals surface area contributed by atoms with Crippen molar-refractivity contribution in [2.45, 2.75) is 20.0 Å². The van der Waals surface area contributed by atoms with E-state index >= 15 is 0 Å². The lowest BCUT2D eigenvalue weighted by Crippen LogP contribution is -2.35. The second-order valence-electron chi connectivity index (χ2n) is 4.38. The predicted molar refractivity (Wildman–Crippen MR) is 82.2 cm³/mol. The third-order valence-electron chi connectivity index (χ3n) is 2.77. The highest BCUT2D eigenvalue weighted by Crippen LogP contribution is 2.28.